The van der Waals surface area contributed by atoms with Crippen LogP contribution in [0.15, 0.2) is 47.2 Å². The van der Waals surface area contributed by atoms with Crippen LogP contribution in [0.25, 0.3) is 16.7 Å². The van der Waals surface area contributed by atoms with Crippen molar-refractivity contribution in [2.75, 3.05) is 0 Å². The molecule has 0 bridgehead atoms. The molecule has 96 valence electrons. The number of hydrogen-bond donors (Lipinski definition) is 1. The van der Waals surface area contributed by atoms with Crippen LogP contribution in [-0.4, -0.2) is 9.55 Å². The van der Waals surface area contributed by atoms with Gasteiger partial charge in [-0.15, -0.1) is 0 Å². The lowest BCUT2D eigenvalue weighted by Gasteiger charge is -2.10. The van der Waals surface area contributed by atoms with Gasteiger partial charge in [0.15, 0.2) is 5.82 Å². The molecule has 5 heteroatoms. The molecule has 0 spiro atoms. The second-order valence-electron chi connectivity index (χ2n) is 4.18. The van der Waals surface area contributed by atoms with Crippen molar-refractivity contribution < 1.29 is 4.39 Å². The lowest BCUT2D eigenvalue weighted by molar-refractivity contribution is 0.610. The third-order valence-corrected chi connectivity index (χ3v) is 3.93. The number of fused-ring (bicyclic) bond motifs is 1. The summed E-state index contributed by atoms with van der Waals surface area (Å²) in [6.45, 7) is 0.294. The molecule has 1 heterocycles. The van der Waals surface area contributed by atoms with Crippen molar-refractivity contribution in [1.82, 2.24) is 9.55 Å². The number of imidazole rings is 1. The lowest BCUT2D eigenvalue weighted by atomic mass is 10.2. The van der Waals surface area contributed by atoms with Crippen molar-refractivity contribution in [2.45, 2.75) is 6.54 Å². The van der Waals surface area contributed by atoms with Gasteiger partial charge in [-0.2, -0.15) is 0 Å². The summed E-state index contributed by atoms with van der Waals surface area (Å²) in [7, 11) is 0. The van der Waals surface area contributed by atoms with E-state index < -0.39 is 0 Å². The highest BCUT2D eigenvalue weighted by Gasteiger charge is 2.13. The van der Waals surface area contributed by atoms with Gasteiger partial charge in [0.2, 0.25) is 0 Å². The molecule has 2 N–H and O–H groups in total. The second-order valence-corrected chi connectivity index (χ2v) is 4.97. The van der Waals surface area contributed by atoms with Crippen LogP contribution in [0, 0.1) is 5.82 Å². The van der Waals surface area contributed by atoms with E-state index in [1.54, 1.807) is 17.0 Å². The Hall–Kier alpha value is -1.72. The number of para-hydroxylation sites is 2. The highest BCUT2D eigenvalue weighted by Crippen LogP contribution is 2.28. The molecule has 0 unspecified atom stereocenters. The van der Waals surface area contributed by atoms with Crippen LogP contribution in [0.2, 0.25) is 0 Å². The predicted molar refractivity (Wildman–Crippen MR) is 76.6 cm³/mol. The van der Waals surface area contributed by atoms with Crippen molar-refractivity contribution >= 4 is 27.0 Å². The summed E-state index contributed by atoms with van der Waals surface area (Å²) < 4.78 is 16.5. The van der Waals surface area contributed by atoms with E-state index in [2.05, 4.69) is 20.9 Å². The van der Waals surface area contributed by atoms with Gasteiger partial charge in [0.05, 0.1) is 21.2 Å². The molecule has 0 atom stereocenters. The van der Waals surface area contributed by atoms with E-state index in [1.807, 2.05) is 30.3 Å². The molecule has 0 amide bonds. The zero-order chi connectivity index (χ0) is 13.4. The number of hydrogen-bond acceptors (Lipinski definition) is 2. The zero-order valence-corrected chi connectivity index (χ0v) is 11.6. The number of aromatic nitrogens is 2. The Balaban J connectivity index is 2.25. The van der Waals surface area contributed by atoms with Gasteiger partial charge in [-0.1, -0.05) is 18.2 Å². The molecule has 0 saturated heterocycles. The molecule has 3 rings (SSSR count). The molecule has 0 radical (unpaired) electrons. The maximum absolute atomic E-state index is 14.4. The van der Waals surface area contributed by atoms with E-state index in [9.17, 15) is 4.39 Å². The molecule has 0 aliphatic heterocycles. The normalized spacial score (nSPS) is 11.1. The van der Waals surface area contributed by atoms with Crippen LogP contribution in [-0.2, 0) is 6.54 Å². The predicted octanol–water partition coefficient (Wildman–Crippen LogP) is 3.39. The fraction of sp³-hybridized carbons (Fsp3) is 0.0714. The first kappa shape index (κ1) is 12.3. The van der Waals surface area contributed by atoms with E-state index >= 15 is 0 Å². The quantitative estimate of drug-likeness (QED) is 0.787. The van der Waals surface area contributed by atoms with Gasteiger partial charge < -0.3 is 5.73 Å². The fourth-order valence-electron chi connectivity index (χ4n) is 2.07. The fourth-order valence-corrected chi connectivity index (χ4v) is 2.57. The molecular weight excluding hydrogens is 309 g/mol. The molecule has 19 heavy (non-hydrogen) atoms. The van der Waals surface area contributed by atoms with Crippen molar-refractivity contribution in [1.29, 1.82) is 0 Å². The van der Waals surface area contributed by atoms with Crippen molar-refractivity contribution in [2.24, 2.45) is 5.73 Å². The smallest absolute Gasteiger partial charge is 0.161 e. The summed E-state index contributed by atoms with van der Waals surface area (Å²) >= 11 is 3.25. The zero-order valence-electron chi connectivity index (χ0n) is 9.98. The van der Waals surface area contributed by atoms with Gasteiger partial charge in [-0.3, -0.25) is 4.57 Å². The third kappa shape index (κ3) is 1.95. The number of nitrogens with zero attached hydrogens (tertiary/aromatic N) is 2. The Morgan fingerprint density at radius 3 is 2.79 bits per heavy atom. The number of nitrogens with two attached hydrogens (primary N) is 1. The lowest BCUT2D eigenvalue weighted by Crippen LogP contribution is -2.03. The molecule has 2 aromatic carbocycles. The standard InChI is InChI=1S/C14H11BrFN3/c15-13-9(7-17)5-6-12(14(13)16)19-8-18-10-3-1-2-4-11(10)19/h1-6,8H,7,17H2. The topological polar surface area (TPSA) is 43.8 Å². The van der Waals surface area contributed by atoms with E-state index in [0.29, 0.717) is 16.7 Å². The SMILES string of the molecule is NCc1ccc(-n2cnc3ccccc32)c(F)c1Br. The largest absolute Gasteiger partial charge is 0.326 e. The van der Waals surface area contributed by atoms with Crippen LogP contribution < -0.4 is 5.73 Å². The summed E-state index contributed by atoms with van der Waals surface area (Å²) in [5, 5.41) is 0. The Labute approximate surface area is 118 Å². The average molecular weight is 320 g/mol. The Morgan fingerprint density at radius 2 is 2.00 bits per heavy atom. The maximum Gasteiger partial charge on any atom is 0.161 e. The third-order valence-electron chi connectivity index (χ3n) is 3.07. The molecule has 1 aromatic heterocycles. The van der Waals surface area contributed by atoms with Gasteiger partial charge in [0.1, 0.15) is 6.33 Å². The number of halogens is 2. The summed E-state index contributed by atoms with van der Waals surface area (Å²) in [4.78, 5) is 4.26. The van der Waals surface area contributed by atoms with Gasteiger partial charge in [-0.05, 0) is 39.7 Å². The Bertz CT molecular complexity index is 752. The van der Waals surface area contributed by atoms with E-state index in [1.165, 1.54) is 0 Å². The molecule has 3 nitrogen and oxygen atoms in total. The summed E-state index contributed by atoms with van der Waals surface area (Å²) in [5.74, 6) is -0.328. The van der Waals surface area contributed by atoms with Gasteiger partial charge in [0.25, 0.3) is 0 Å². The van der Waals surface area contributed by atoms with Crippen molar-refractivity contribution in [3.8, 4) is 5.69 Å². The Kier molecular flexibility index (Phi) is 3.08. The highest BCUT2D eigenvalue weighted by molar-refractivity contribution is 9.10. The monoisotopic (exact) mass is 319 g/mol. The summed E-state index contributed by atoms with van der Waals surface area (Å²) in [6, 6.07) is 11.2. The highest BCUT2D eigenvalue weighted by atomic mass is 79.9. The van der Waals surface area contributed by atoms with E-state index in [4.69, 9.17) is 5.73 Å². The van der Waals surface area contributed by atoms with Gasteiger partial charge in [0, 0.05) is 6.54 Å². The van der Waals surface area contributed by atoms with Gasteiger partial charge >= 0.3 is 0 Å². The number of rotatable bonds is 2. The second kappa shape index (κ2) is 4.75. The number of benzene rings is 2. The van der Waals surface area contributed by atoms with Gasteiger partial charge in [-0.25, -0.2) is 9.37 Å². The van der Waals surface area contributed by atoms with Crippen LogP contribution in [0.5, 0.6) is 0 Å². The van der Waals surface area contributed by atoms with Crippen LogP contribution in [0.4, 0.5) is 4.39 Å². The van der Waals surface area contributed by atoms with E-state index in [0.717, 1.165) is 16.6 Å². The van der Waals surface area contributed by atoms with Crippen LogP contribution >= 0.6 is 15.9 Å². The molecule has 3 aromatic rings. The molecule has 0 aliphatic carbocycles. The minimum absolute atomic E-state index is 0.294. The summed E-state index contributed by atoms with van der Waals surface area (Å²) in [6.07, 6.45) is 1.62. The summed E-state index contributed by atoms with van der Waals surface area (Å²) in [5.41, 5.74) is 8.46. The molecule has 0 saturated carbocycles. The molecular formula is C14H11BrFN3. The molecule has 0 fully saturated rings. The van der Waals surface area contributed by atoms with Crippen molar-refractivity contribution in [3.05, 3.63) is 58.6 Å². The van der Waals surface area contributed by atoms with Crippen LogP contribution in [0.3, 0.4) is 0 Å². The minimum Gasteiger partial charge on any atom is -0.326 e. The first-order chi connectivity index (χ1) is 9.22. The first-order valence-corrected chi connectivity index (χ1v) is 6.61. The van der Waals surface area contributed by atoms with Crippen LogP contribution in [0.1, 0.15) is 5.56 Å². The maximum atomic E-state index is 14.4. The van der Waals surface area contributed by atoms with Crippen molar-refractivity contribution in [3.63, 3.8) is 0 Å². The minimum atomic E-state index is -0.328. The molecule has 0 aliphatic rings. The first-order valence-electron chi connectivity index (χ1n) is 5.82. The van der Waals surface area contributed by atoms with E-state index in [-0.39, 0.29) is 5.82 Å². The average Bonchev–Trinajstić information content (AvgIpc) is 2.86. The Morgan fingerprint density at radius 1 is 1.21 bits per heavy atom.